The van der Waals surface area contributed by atoms with Crippen molar-refractivity contribution < 1.29 is 5.11 Å². The van der Waals surface area contributed by atoms with Gasteiger partial charge in [-0.15, -0.1) is 0 Å². The van der Waals surface area contributed by atoms with Crippen molar-refractivity contribution in [3.05, 3.63) is 46.0 Å². The molecule has 0 radical (unpaired) electrons. The highest BCUT2D eigenvalue weighted by molar-refractivity contribution is 5.67. The first-order valence-electron chi connectivity index (χ1n) is 6.01. The third kappa shape index (κ3) is 3.00. The zero-order valence-corrected chi connectivity index (χ0v) is 11.3. The van der Waals surface area contributed by atoms with Crippen molar-refractivity contribution >= 4 is 0 Å². The Morgan fingerprint density at radius 2 is 1.89 bits per heavy atom. The van der Waals surface area contributed by atoms with Crippen LogP contribution in [0.4, 0.5) is 0 Å². The molecule has 0 saturated carbocycles. The van der Waals surface area contributed by atoms with Crippen LogP contribution in [0.15, 0.2) is 29.1 Å². The number of aromatic amines is 1. The van der Waals surface area contributed by atoms with Gasteiger partial charge in [0.2, 0.25) is 5.88 Å². The van der Waals surface area contributed by atoms with Crippen LogP contribution in [0.25, 0.3) is 11.1 Å². The summed E-state index contributed by atoms with van der Waals surface area (Å²) in [5, 5.41) is 9.96. The fourth-order valence-electron chi connectivity index (χ4n) is 1.86. The number of aromatic nitrogens is 2. The van der Waals surface area contributed by atoms with Crippen molar-refractivity contribution in [2.75, 3.05) is 14.1 Å². The second-order valence-corrected chi connectivity index (χ2v) is 4.82. The third-order valence-electron chi connectivity index (χ3n) is 2.76. The van der Waals surface area contributed by atoms with Gasteiger partial charge in [0.05, 0.1) is 6.54 Å². The molecule has 2 aromatic rings. The fourth-order valence-corrected chi connectivity index (χ4v) is 1.86. The number of rotatable bonds is 3. The number of aryl methyl sites for hydroxylation is 1. The molecule has 0 atom stereocenters. The van der Waals surface area contributed by atoms with Crippen LogP contribution < -0.4 is 5.56 Å². The lowest BCUT2D eigenvalue weighted by atomic mass is 10.1. The summed E-state index contributed by atoms with van der Waals surface area (Å²) >= 11 is 0. The molecular weight excluding hydrogens is 242 g/mol. The molecule has 0 unspecified atom stereocenters. The average Bonchev–Trinajstić information content (AvgIpc) is 2.29. The predicted octanol–water partition coefficient (Wildman–Crippen LogP) is 1.51. The van der Waals surface area contributed by atoms with Gasteiger partial charge in [-0.05, 0) is 26.6 Å². The van der Waals surface area contributed by atoms with Crippen LogP contribution in [-0.4, -0.2) is 34.1 Å². The van der Waals surface area contributed by atoms with E-state index in [-0.39, 0.29) is 17.0 Å². The highest BCUT2D eigenvalue weighted by atomic mass is 16.3. The highest BCUT2D eigenvalue weighted by Crippen LogP contribution is 2.23. The number of nitrogens with zero attached hydrogens (tertiary/aromatic N) is 2. The van der Waals surface area contributed by atoms with Crippen molar-refractivity contribution in [3.8, 4) is 17.0 Å². The number of H-pyrrole nitrogens is 1. The fraction of sp³-hybridized carbons (Fsp3) is 0.286. The third-order valence-corrected chi connectivity index (χ3v) is 2.76. The zero-order valence-electron chi connectivity index (χ0n) is 11.3. The lowest BCUT2D eigenvalue weighted by molar-refractivity contribution is 0.381. The summed E-state index contributed by atoms with van der Waals surface area (Å²) in [6, 6.07) is 7.38. The lowest BCUT2D eigenvalue weighted by Crippen LogP contribution is -2.19. The van der Waals surface area contributed by atoms with Crippen LogP contribution in [-0.2, 0) is 6.54 Å². The average molecular weight is 259 g/mol. The monoisotopic (exact) mass is 259 g/mol. The van der Waals surface area contributed by atoms with E-state index in [4.69, 9.17) is 0 Å². The van der Waals surface area contributed by atoms with Gasteiger partial charge in [-0.1, -0.05) is 29.8 Å². The predicted molar refractivity (Wildman–Crippen MR) is 74.1 cm³/mol. The maximum Gasteiger partial charge on any atom is 0.262 e. The maximum atomic E-state index is 12.1. The Labute approximate surface area is 111 Å². The number of hydrogen-bond donors (Lipinski definition) is 2. The quantitative estimate of drug-likeness (QED) is 0.876. The summed E-state index contributed by atoms with van der Waals surface area (Å²) < 4.78 is 0. The summed E-state index contributed by atoms with van der Waals surface area (Å²) in [4.78, 5) is 20.6. The first kappa shape index (κ1) is 13.3. The van der Waals surface area contributed by atoms with Gasteiger partial charge < -0.3 is 15.0 Å². The minimum absolute atomic E-state index is 0.211. The molecule has 5 heteroatoms. The van der Waals surface area contributed by atoms with E-state index in [2.05, 4.69) is 9.97 Å². The number of benzene rings is 1. The second kappa shape index (κ2) is 5.24. The van der Waals surface area contributed by atoms with Crippen molar-refractivity contribution in [2.24, 2.45) is 0 Å². The van der Waals surface area contributed by atoms with Crippen molar-refractivity contribution in [1.82, 2.24) is 14.9 Å². The van der Waals surface area contributed by atoms with Crippen LogP contribution in [0.2, 0.25) is 0 Å². The zero-order chi connectivity index (χ0) is 14.0. The Morgan fingerprint density at radius 3 is 2.42 bits per heavy atom. The maximum absolute atomic E-state index is 12.1. The number of nitrogens with one attached hydrogen (secondary N) is 1. The highest BCUT2D eigenvalue weighted by Gasteiger charge is 2.13. The van der Waals surface area contributed by atoms with E-state index in [1.807, 2.05) is 38.1 Å². The van der Waals surface area contributed by atoms with Crippen LogP contribution >= 0.6 is 0 Å². The SMILES string of the molecule is Cc1ccc(-c2c(O)nc(CN(C)C)[nH]c2=O)cc1. The standard InChI is InChI=1S/C14H17N3O2/c1-9-4-6-10(7-5-9)12-13(18)15-11(8-17(2)3)16-14(12)19/h4-7H,8H2,1-3H3,(H2,15,16,18,19). The lowest BCUT2D eigenvalue weighted by Gasteiger charge is -2.10. The van der Waals surface area contributed by atoms with Gasteiger partial charge in [-0.3, -0.25) is 4.79 Å². The van der Waals surface area contributed by atoms with Crippen LogP contribution in [0.1, 0.15) is 11.4 Å². The number of aromatic hydroxyl groups is 1. The van der Waals surface area contributed by atoms with Gasteiger partial charge >= 0.3 is 0 Å². The Hall–Kier alpha value is -2.14. The molecule has 100 valence electrons. The summed E-state index contributed by atoms with van der Waals surface area (Å²) in [6.45, 7) is 2.43. The summed E-state index contributed by atoms with van der Waals surface area (Å²) in [5.41, 5.74) is 1.64. The molecule has 0 fully saturated rings. The van der Waals surface area contributed by atoms with E-state index in [0.717, 1.165) is 5.56 Å². The van der Waals surface area contributed by atoms with Gasteiger partial charge in [-0.25, -0.2) is 0 Å². The molecule has 1 heterocycles. The molecule has 2 rings (SSSR count). The topological polar surface area (TPSA) is 69.2 Å². The molecule has 0 saturated heterocycles. The molecule has 5 nitrogen and oxygen atoms in total. The van der Waals surface area contributed by atoms with Crippen molar-refractivity contribution in [1.29, 1.82) is 0 Å². The molecule has 1 aromatic carbocycles. The Bertz CT molecular complexity index is 630. The van der Waals surface area contributed by atoms with E-state index < -0.39 is 0 Å². The first-order valence-corrected chi connectivity index (χ1v) is 6.01. The second-order valence-electron chi connectivity index (χ2n) is 4.82. The molecule has 1 aromatic heterocycles. The van der Waals surface area contributed by atoms with Crippen LogP contribution in [0.5, 0.6) is 5.88 Å². The molecule has 0 bridgehead atoms. The van der Waals surface area contributed by atoms with Crippen LogP contribution in [0.3, 0.4) is 0 Å². The first-order chi connectivity index (χ1) is 8.97. The van der Waals surface area contributed by atoms with Gasteiger partial charge in [0, 0.05) is 0 Å². The molecular formula is C14H17N3O2. The smallest absolute Gasteiger partial charge is 0.262 e. The molecule has 0 amide bonds. The van der Waals surface area contributed by atoms with E-state index in [9.17, 15) is 9.90 Å². The van der Waals surface area contributed by atoms with Gasteiger partial charge in [-0.2, -0.15) is 4.98 Å². The summed E-state index contributed by atoms with van der Waals surface area (Å²) in [6.07, 6.45) is 0. The molecule has 19 heavy (non-hydrogen) atoms. The van der Waals surface area contributed by atoms with Gasteiger partial charge in [0.15, 0.2) is 0 Å². The largest absolute Gasteiger partial charge is 0.493 e. The minimum Gasteiger partial charge on any atom is -0.493 e. The van der Waals surface area contributed by atoms with Gasteiger partial charge in [0.25, 0.3) is 5.56 Å². The van der Waals surface area contributed by atoms with E-state index in [0.29, 0.717) is 17.9 Å². The number of hydrogen-bond acceptors (Lipinski definition) is 4. The molecule has 0 aliphatic heterocycles. The van der Waals surface area contributed by atoms with Crippen LogP contribution in [0, 0.1) is 6.92 Å². The summed E-state index contributed by atoms with van der Waals surface area (Å²) in [7, 11) is 3.73. The normalized spacial score (nSPS) is 10.9. The molecule has 0 spiro atoms. The van der Waals surface area contributed by atoms with E-state index >= 15 is 0 Å². The molecule has 0 aliphatic rings. The van der Waals surface area contributed by atoms with E-state index in [1.54, 1.807) is 12.1 Å². The van der Waals surface area contributed by atoms with Gasteiger partial charge in [0.1, 0.15) is 11.4 Å². The Balaban J connectivity index is 2.48. The summed E-state index contributed by atoms with van der Waals surface area (Å²) in [5.74, 6) is 0.216. The van der Waals surface area contributed by atoms with E-state index in [1.165, 1.54) is 0 Å². The Kier molecular flexibility index (Phi) is 3.66. The minimum atomic E-state index is -0.326. The van der Waals surface area contributed by atoms with Crippen molar-refractivity contribution in [2.45, 2.75) is 13.5 Å². The van der Waals surface area contributed by atoms with Crippen molar-refractivity contribution in [3.63, 3.8) is 0 Å². The molecule has 2 N–H and O–H groups in total. The Morgan fingerprint density at radius 1 is 1.26 bits per heavy atom. The molecule has 0 aliphatic carbocycles.